The van der Waals surface area contributed by atoms with Crippen molar-refractivity contribution < 1.29 is 9.21 Å². The highest BCUT2D eigenvalue weighted by Gasteiger charge is 2.23. The molecule has 1 atom stereocenters. The number of fused-ring (bicyclic) bond motifs is 1. The number of nitrogens with zero attached hydrogens (tertiary/aromatic N) is 1. The molecule has 0 radical (unpaired) electrons. The minimum atomic E-state index is -0.197. The summed E-state index contributed by atoms with van der Waals surface area (Å²) in [7, 11) is 0. The highest BCUT2D eigenvalue weighted by Crippen LogP contribution is 2.16. The van der Waals surface area contributed by atoms with Crippen LogP contribution in [-0.4, -0.2) is 16.9 Å². The number of benzene rings is 1. The second-order valence-corrected chi connectivity index (χ2v) is 5.37. The Balaban J connectivity index is 1.59. The van der Waals surface area contributed by atoms with Gasteiger partial charge in [0.1, 0.15) is 5.76 Å². The molecule has 1 aromatic carbocycles. The molecule has 21 heavy (non-hydrogen) atoms. The highest BCUT2D eigenvalue weighted by molar-refractivity contribution is 5.82. The van der Waals surface area contributed by atoms with E-state index in [4.69, 9.17) is 4.42 Å². The maximum atomic E-state index is 12.2. The molecule has 1 aromatic heterocycles. The van der Waals surface area contributed by atoms with Crippen LogP contribution in [0.3, 0.4) is 0 Å². The fourth-order valence-corrected chi connectivity index (χ4v) is 2.54. The maximum Gasteiger partial charge on any atom is 0.237 e. The van der Waals surface area contributed by atoms with Gasteiger partial charge >= 0.3 is 0 Å². The summed E-state index contributed by atoms with van der Waals surface area (Å²) in [6, 6.07) is 8.01. The summed E-state index contributed by atoms with van der Waals surface area (Å²) in [5, 5.41) is 6.15. The van der Waals surface area contributed by atoms with Crippen LogP contribution < -0.4 is 10.6 Å². The largest absolute Gasteiger partial charge is 0.444 e. The highest BCUT2D eigenvalue weighted by atomic mass is 16.4. The van der Waals surface area contributed by atoms with Gasteiger partial charge in [-0.1, -0.05) is 24.3 Å². The van der Waals surface area contributed by atoms with Gasteiger partial charge in [0.2, 0.25) is 11.8 Å². The SMILES string of the molecule is Cc1nc(CNC(=O)[C@H]2Cc3ccccc3CN2)oc1C. The van der Waals surface area contributed by atoms with E-state index in [-0.39, 0.29) is 11.9 Å². The van der Waals surface area contributed by atoms with Crippen LogP contribution >= 0.6 is 0 Å². The van der Waals surface area contributed by atoms with Gasteiger partial charge in [-0.15, -0.1) is 0 Å². The first kappa shape index (κ1) is 13.8. The van der Waals surface area contributed by atoms with Crippen LogP contribution in [0.4, 0.5) is 0 Å². The molecule has 0 saturated carbocycles. The average Bonchev–Trinajstić information content (AvgIpc) is 2.83. The van der Waals surface area contributed by atoms with E-state index < -0.39 is 0 Å². The van der Waals surface area contributed by atoms with Gasteiger partial charge in [-0.25, -0.2) is 4.98 Å². The third-order valence-corrected chi connectivity index (χ3v) is 3.88. The van der Waals surface area contributed by atoms with Gasteiger partial charge in [0, 0.05) is 6.54 Å². The van der Waals surface area contributed by atoms with Crippen molar-refractivity contribution in [1.29, 1.82) is 0 Å². The summed E-state index contributed by atoms with van der Waals surface area (Å²) >= 11 is 0. The summed E-state index contributed by atoms with van der Waals surface area (Å²) < 4.78 is 5.46. The van der Waals surface area contributed by atoms with Crippen LogP contribution in [0.2, 0.25) is 0 Å². The topological polar surface area (TPSA) is 67.2 Å². The Kier molecular flexibility index (Phi) is 3.75. The van der Waals surface area contributed by atoms with Crippen LogP contribution in [0.5, 0.6) is 0 Å². The summed E-state index contributed by atoms with van der Waals surface area (Å²) in [4.78, 5) is 16.5. The van der Waals surface area contributed by atoms with Crippen molar-refractivity contribution in [3.8, 4) is 0 Å². The Morgan fingerprint density at radius 2 is 2.14 bits per heavy atom. The lowest BCUT2D eigenvalue weighted by molar-refractivity contribution is -0.123. The van der Waals surface area contributed by atoms with E-state index in [0.717, 1.165) is 18.0 Å². The molecule has 3 rings (SSSR count). The van der Waals surface area contributed by atoms with E-state index in [2.05, 4.69) is 27.8 Å². The fraction of sp³-hybridized carbons (Fsp3) is 0.375. The zero-order chi connectivity index (χ0) is 14.8. The van der Waals surface area contributed by atoms with E-state index in [1.807, 2.05) is 26.0 Å². The van der Waals surface area contributed by atoms with Crippen molar-refractivity contribution in [2.24, 2.45) is 0 Å². The minimum Gasteiger partial charge on any atom is -0.444 e. The minimum absolute atomic E-state index is 0.0157. The summed E-state index contributed by atoms with van der Waals surface area (Å²) in [5.74, 6) is 1.33. The molecule has 0 bridgehead atoms. The number of hydrogen-bond acceptors (Lipinski definition) is 4. The first-order valence-corrected chi connectivity index (χ1v) is 7.14. The summed E-state index contributed by atoms with van der Waals surface area (Å²) in [6.07, 6.45) is 0.714. The molecular weight excluding hydrogens is 266 g/mol. The number of oxazole rings is 1. The molecular formula is C16H19N3O2. The Hall–Kier alpha value is -2.14. The van der Waals surface area contributed by atoms with Crippen LogP contribution in [0.1, 0.15) is 28.5 Å². The van der Waals surface area contributed by atoms with E-state index in [0.29, 0.717) is 18.9 Å². The molecule has 2 heterocycles. The number of aromatic nitrogens is 1. The molecule has 0 aliphatic carbocycles. The van der Waals surface area contributed by atoms with Crippen LogP contribution in [-0.2, 0) is 24.3 Å². The van der Waals surface area contributed by atoms with Gasteiger partial charge in [0.05, 0.1) is 18.3 Å². The number of nitrogens with one attached hydrogen (secondary N) is 2. The monoisotopic (exact) mass is 285 g/mol. The van der Waals surface area contributed by atoms with Gasteiger partial charge in [-0.3, -0.25) is 4.79 Å². The van der Waals surface area contributed by atoms with Crippen molar-refractivity contribution in [3.63, 3.8) is 0 Å². The zero-order valence-electron chi connectivity index (χ0n) is 12.3. The molecule has 1 aliphatic heterocycles. The van der Waals surface area contributed by atoms with Crippen molar-refractivity contribution in [1.82, 2.24) is 15.6 Å². The number of amides is 1. The molecule has 0 unspecified atom stereocenters. The standard InChI is InChI=1S/C16H19N3O2/c1-10-11(2)21-15(19-10)9-18-16(20)14-7-12-5-3-4-6-13(12)8-17-14/h3-6,14,17H,7-9H2,1-2H3,(H,18,20)/t14-/m1/s1. The van der Waals surface area contributed by atoms with Gasteiger partial charge < -0.3 is 15.1 Å². The lowest BCUT2D eigenvalue weighted by Crippen LogP contribution is -2.47. The summed E-state index contributed by atoms with van der Waals surface area (Å²) in [6.45, 7) is 4.82. The Morgan fingerprint density at radius 1 is 1.38 bits per heavy atom. The van der Waals surface area contributed by atoms with E-state index >= 15 is 0 Å². The van der Waals surface area contributed by atoms with Crippen LogP contribution in [0.25, 0.3) is 0 Å². The lowest BCUT2D eigenvalue weighted by Gasteiger charge is -2.25. The molecule has 1 amide bonds. The zero-order valence-corrected chi connectivity index (χ0v) is 12.3. The third kappa shape index (κ3) is 2.97. The van der Waals surface area contributed by atoms with Crippen LogP contribution in [0.15, 0.2) is 28.7 Å². The van der Waals surface area contributed by atoms with E-state index in [1.54, 1.807) is 0 Å². The number of carbonyl (C=O) groups is 1. The normalized spacial score (nSPS) is 17.3. The molecule has 5 nitrogen and oxygen atoms in total. The predicted octanol–water partition coefficient (Wildman–Crippen LogP) is 1.62. The molecule has 1 aliphatic rings. The van der Waals surface area contributed by atoms with Crippen LogP contribution in [0, 0.1) is 13.8 Å². The molecule has 2 N–H and O–H groups in total. The average molecular weight is 285 g/mol. The molecule has 0 spiro atoms. The van der Waals surface area contributed by atoms with Gasteiger partial charge in [-0.05, 0) is 31.4 Å². The fourth-order valence-electron chi connectivity index (χ4n) is 2.54. The quantitative estimate of drug-likeness (QED) is 0.899. The van der Waals surface area contributed by atoms with Crippen molar-refractivity contribution in [3.05, 3.63) is 52.7 Å². The third-order valence-electron chi connectivity index (χ3n) is 3.88. The van der Waals surface area contributed by atoms with E-state index in [9.17, 15) is 4.79 Å². The second kappa shape index (κ2) is 5.69. The van der Waals surface area contributed by atoms with Gasteiger partial charge in [0.25, 0.3) is 0 Å². The molecule has 2 aromatic rings. The van der Waals surface area contributed by atoms with Crippen molar-refractivity contribution in [2.75, 3.05) is 0 Å². The first-order chi connectivity index (χ1) is 10.1. The summed E-state index contributed by atoms with van der Waals surface area (Å²) in [5.41, 5.74) is 3.36. The maximum absolute atomic E-state index is 12.2. The number of hydrogen-bond donors (Lipinski definition) is 2. The first-order valence-electron chi connectivity index (χ1n) is 7.14. The predicted molar refractivity (Wildman–Crippen MR) is 78.6 cm³/mol. The smallest absolute Gasteiger partial charge is 0.237 e. The molecule has 5 heteroatoms. The molecule has 0 fully saturated rings. The molecule has 0 saturated heterocycles. The van der Waals surface area contributed by atoms with E-state index in [1.165, 1.54) is 11.1 Å². The van der Waals surface area contributed by atoms with Gasteiger partial charge in [0.15, 0.2) is 0 Å². The number of rotatable bonds is 3. The Morgan fingerprint density at radius 3 is 2.86 bits per heavy atom. The lowest BCUT2D eigenvalue weighted by atomic mass is 9.95. The molecule has 110 valence electrons. The Bertz CT molecular complexity index is 644. The number of carbonyl (C=O) groups excluding carboxylic acids is 1. The number of aryl methyl sites for hydroxylation is 2. The Labute approximate surface area is 123 Å². The van der Waals surface area contributed by atoms with Crippen molar-refractivity contribution >= 4 is 5.91 Å². The van der Waals surface area contributed by atoms with Crippen molar-refractivity contribution in [2.45, 2.75) is 39.4 Å². The van der Waals surface area contributed by atoms with Gasteiger partial charge in [-0.2, -0.15) is 0 Å². The second-order valence-electron chi connectivity index (χ2n) is 5.37.